The quantitative estimate of drug-likeness (QED) is 0.525. The van der Waals surface area contributed by atoms with Crippen molar-refractivity contribution in [3.05, 3.63) is 72.4 Å². The third-order valence-electron chi connectivity index (χ3n) is 4.81. The van der Waals surface area contributed by atoms with Crippen LogP contribution >= 0.6 is 0 Å². The molecule has 7 heteroatoms. The second-order valence-corrected chi connectivity index (χ2v) is 7.02. The molecule has 0 amide bonds. The summed E-state index contributed by atoms with van der Waals surface area (Å²) in [4.78, 5) is 7.78. The molecule has 0 radical (unpaired) electrons. The molecule has 28 heavy (non-hydrogen) atoms. The first kappa shape index (κ1) is 16.4. The third kappa shape index (κ3) is 2.96. The predicted octanol–water partition coefficient (Wildman–Crippen LogP) is 3.58. The molecule has 0 spiro atoms. The smallest absolute Gasteiger partial charge is 0.137 e. The number of aryl methyl sites for hydroxylation is 2. The Hall–Kier alpha value is -3.74. The van der Waals surface area contributed by atoms with E-state index in [1.54, 1.807) is 4.68 Å². The minimum Gasteiger partial charge on any atom is -0.345 e. The van der Waals surface area contributed by atoms with Gasteiger partial charge in [0.25, 0.3) is 0 Å². The van der Waals surface area contributed by atoms with Gasteiger partial charge in [-0.2, -0.15) is 5.10 Å². The van der Waals surface area contributed by atoms with Crippen LogP contribution in [0.15, 0.2) is 61.3 Å². The molecule has 138 valence electrons. The molecule has 5 aromatic rings. The maximum atomic E-state index is 4.55. The minimum absolute atomic E-state index is 0.691. The van der Waals surface area contributed by atoms with Gasteiger partial charge in [-0.05, 0) is 18.6 Å². The van der Waals surface area contributed by atoms with Gasteiger partial charge in [0.1, 0.15) is 11.3 Å². The van der Waals surface area contributed by atoms with Crippen molar-refractivity contribution in [3.63, 3.8) is 0 Å². The van der Waals surface area contributed by atoms with Crippen molar-refractivity contribution in [2.24, 2.45) is 7.05 Å². The van der Waals surface area contributed by atoms with Gasteiger partial charge in [-0.3, -0.25) is 4.68 Å². The zero-order valence-electron chi connectivity index (χ0n) is 15.7. The Bertz CT molecular complexity index is 1270. The van der Waals surface area contributed by atoms with Crippen LogP contribution in [0.3, 0.4) is 0 Å². The monoisotopic (exact) mass is 369 g/mol. The SMILES string of the molecule is Cc1cccc(Cn2cc(-c3c[nH]c4ncc(-c5cnn(C)c5)cc34)nn2)c1. The van der Waals surface area contributed by atoms with Crippen molar-refractivity contribution in [3.8, 4) is 22.4 Å². The van der Waals surface area contributed by atoms with Crippen LogP contribution in [0.1, 0.15) is 11.1 Å². The van der Waals surface area contributed by atoms with E-state index in [0.29, 0.717) is 6.54 Å². The van der Waals surface area contributed by atoms with Gasteiger partial charge in [0, 0.05) is 47.7 Å². The number of hydrogen-bond donors (Lipinski definition) is 1. The van der Waals surface area contributed by atoms with E-state index in [0.717, 1.165) is 33.4 Å². The van der Waals surface area contributed by atoms with Crippen LogP contribution in [0.5, 0.6) is 0 Å². The van der Waals surface area contributed by atoms with Crippen molar-refractivity contribution < 1.29 is 0 Å². The highest BCUT2D eigenvalue weighted by Gasteiger charge is 2.13. The Morgan fingerprint density at radius 2 is 2.00 bits per heavy atom. The number of pyridine rings is 1. The number of hydrogen-bond acceptors (Lipinski definition) is 4. The van der Waals surface area contributed by atoms with E-state index in [2.05, 4.69) is 62.6 Å². The molecule has 1 aromatic carbocycles. The summed E-state index contributed by atoms with van der Waals surface area (Å²) in [5.74, 6) is 0. The number of rotatable bonds is 4. The molecule has 0 bridgehead atoms. The van der Waals surface area contributed by atoms with Crippen LogP contribution in [0, 0.1) is 6.92 Å². The molecule has 0 saturated heterocycles. The molecule has 0 aliphatic heterocycles. The fraction of sp³-hybridized carbons (Fsp3) is 0.143. The van der Waals surface area contributed by atoms with E-state index in [1.165, 1.54) is 11.1 Å². The van der Waals surface area contributed by atoms with Crippen molar-refractivity contribution in [2.75, 3.05) is 0 Å². The van der Waals surface area contributed by atoms with E-state index < -0.39 is 0 Å². The van der Waals surface area contributed by atoms with Crippen LogP contribution in [0.4, 0.5) is 0 Å². The summed E-state index contributed by atoms with van der Waals surface area (Å²) in [7, 11) is 1.91. The van der Waals surface area contributed by atoms with Crippen molar-refractivity contribution in [1.82, 2.24) is 34.7 Å². The summed E-state index contributed by atoms with van der Waals surface area (Å²) >= 11 is 0. The summed E-state index contributed by atoms with van der Waals surface area (Å²) in [6, 6.07) is 10.5. The number of H-pyrrole nitrogens is 1. The highest BCUT2D eigenvalue weighted by molar-refractivity contribution is 5.94. The van der Waals surface area contributed by atoms with E-state index in [-0.39, 0.29) is 0 Å². The molecule has 0 unspecified atom stereocenters. The number of benzene rings is 1. The lowest BCUT2D eigenvalue weighted by molar-refractivity contribution is 0.649. The molecule has 7 nitrogen and oxygen atoms in total. The largest absolute Gasteiger partial charge is 0.345 e. The minimum atomic E-state index is 0.691. The van der Waals surface area contributed by atoms with Crippen molar-refractivity contribution in [1.29, 1.82) is 0 Å². The van der Waals surface area contributed by atoms with Crippen LogP contribution in [0.2, 0.25) is 0 Å². The molecule has 0 atom stereocenters. The van der Waals surface area contributed by atoms with Crippen LogP contribution in [-0.2, 0) is 13.6 Å². The van der Waals surface area contributed by atoms with Gasteiger partial charge in [0.15, 0.2) is 0 Å². The normalized spacial score (nSPS) is 11.4. The summed E-state index contributed by atoms with van der Waals surface area (Å²) in [6.07, 6.45) is 9.59. The van der Waals surface area contributed by atoms with Crippen molar-refractivity contribution >= 4 is 11.0 Å². The molecule has 5 rings (SSSR count). The first-order valence-electron chi connectivity index (χ1n) is 9.08. The topological polar surface area (TPSA) is 77.2 Å². The van der Waals surface area contributed by atoms with Gasteiger partial charge in [0.05, 0.1) is 18.9 Å². The van der Waals surface area contributed by atoms with Gasteiger partial charge in [-0.1, -0.05) is 35.0 Å². The Balaban J connectivity index is 1.50. The summed E-state index contributed by atoms with van der Waals surface area (Å²) in [5, 5.41) is 14.0. The molecular weight excluding hydrogens is 350 g/mol. The van der Waals surface area contributed by atoms with Crippen LogP contribution in [-0.4, -0.2) is 34.7 Å². The molecular formula is C21H19N7. The van der Waals surface area contributed by atoms with Crippen LogP contribution < -0.4 is 0 Å². The molecule has 4 heterocycles. The lowest BCUT2D eigenvalue weighted by atomic mass is 10.1. The molecule has 1 N–H and O–H groups in total. The lowest BCUT2D eigenvalue weighted by Crippen LogP contribution is -2.00. The van der Waals surface area contributed by atoms with E-state index >= 15 is 0 Å². The number of aromatic nitrogens is 7. The number of nitrogens with zero attached hydrogens (tertiary/aromatic N) is 6. The maximum absolute atomic E-state index is 4.55. The van der Waals surface area contributed by atoms with Crippen molar-refractivity contribution in [2.45, 2.75) is 13.5 Å². The molecule has 4 aromatic heterocycles. The number of aromatic amines is 1. The molecule has 0 aliphatic carbocycles. The zero-order chi connectivity index (χ0) is 19.1. The molecule has 0 aliphatic rings. The Morgan fingerprint density at radius 3 is 2.82 bits per heavy atom. The van der Waals surface area contributed by atoms with Gasteiger partial charge < -0.3 is 4.98 Å². The fourth-order valence-corrected chi connectivity index (χ4v) is 3.44. The van der Waals surface area contributed by atoms with Crippen LogP contribution in [0.25, 0.3) is 33.4 Å². The number of nitrogens with one attached hydrogen (secondary N) is 1. The highest BCUT2D eigenvalue weighted by atomic mass is 15.4. The summed E-state index contributed by atoms with van der Waals surface area (Å²) in [6.45, 7) is 2.78. The van der Waals surface area contributed by atoms with Gasteiger partial charge in [-0.25, -0.2) is 9.67 Å². The van der Waals surface area contributed by atoms with E-state index in [4.69, 9.17) is 0 Å². The highest BCUT2D eigenvalue weighted by Crippen LogP contribution is 2.29. The molecule has 0 fully saturated rings. The lowest BCUT2D eigenvalue weighted by Gasteiger charge is -2.01. The predicted molar refractivity (Wildman–Crippen MR) is 108 cm³/mol. The summed E-state index contributed by atoms with van der Waals surface area (Å²) in [5.41, 5.74) is 7.14. The van der Waals surface area contributed by atoms with E-state index in [1.807, 2.05) is 42.7 Å². The first-order valence-corrected chi connectivity index (χ1v) is 9.08. The maximum Gasteiger partial charge on any atom is 0.137 e. The standard InChI is InChI=1S/C21H19N7/c1-14-4-3-5-15(6-14)11-28-13-20(25-26-28)19-10-23-21-18(19)7-16(8-22-21)17-9-24-27(2)12-17/h3-10,12-13H,11H2,1-2H3,(H,22,23). The van der Waals surface area contributed by atoms with Gasteiger partial charge >= 0.3 is 0 Å². The Morgan fingerprint density at radius 1 is 1.07 bits per heavy atom. The van der Waals surface area contributed by atoms with Gasteiger partial charge in [-0.15, -0.1) is 5.10 Å². The van der Waals surface area contributed by atoms with Gasteiger partial charge in [0.2, 0.25) is 0 Å². The average molecular weight is 369 g/mol. The number of fused-ring (bicyclic) bond motifs is 1. The fourth-order valence-electron chi connectivity index (χ4n) is 3.44. The Kier molecular flexibility index (Phi) is 3.79. The second-order valence-electron chi connectivity index (χ2n) is 7.02. The average Bonchev–Trinajstić information content (AvgIpc) is 3.40. The second kappa shape index (κ2) is 6.45. The first-order chi connectivity index (χ1) is 13.7. The Labute approximate surface area is 161 Å². The van der Waals surface area contributed by atoms with E-state index in [9.17, 15) is 0 Å². The summed E-state index contributed by atoms with van der Waals surface area (Å²) < 4.78 is 3.65. The zero-order valence-corrected chi connectivity index (χ0v) is 15.7. The third-order valence-corrected chi connectivity index (χ3v) is 4.81. The molecule has 0 saturated carbocycles.